The smallest absolute Gasteiger partial charge is 0.281 e. The quantitative estimate of drug-likeness (QED) is 0.800. The second-order valence-electron chi connectivity index (χ2n) is 3.56. The van der Waals surface area contributed by atoms with Crippen LogP contribution in [0.3, 0.4) is 0 Å². The number of nitriles is 1. The normalized spacial score (nSPS) is 10.5. The molecule has 0 atom stereocenters. The third-order valence-electron chi connectivity index (χ3n) is 2.41. The Morgan fingerprint density at radius 1 is 1.35 bits per heavy atom. The highest BCUT2D eigenvalue weighted by atomic mass is 19.3. The van der Waals surface area contributed by atoms with E-state index in [1.807, 2.05) is 6.07 Å². The van der Waals surface area contributed by atoms with Crippen molar-refractivity contribution >= 4 is 0 Å². The van der Waals surface area contributed by atoms with Gasteiger partial charge in [-0.1, -0.05) is 12.1 Å². The molecule has 0 aliphatic carbocycles. The van der Waals surface area contributed by atoms with E-state index in [-0.39, 0.29) is 5.69 Å². The summed E-state index contributed by atoms with van der Waals surface area (Å²) in [4.78, 5) is 3.85. The third kappa shape index (κ3) is 2.02. The number of nitrogens with zero attached hydrogens (tertiary/aromatic N) is 3. The number of halogens is 2. The van der Waals surface area contributed by atoms with Gasteiger partial charge in [-0.2, -0.15) is 5.26 Å². The number of hydrogen-bond acceptors (Lipinski definition) is 2. The lowest BCUT2D eigenvalue weighted by molar-refractivity contribution is 0.146. The van der Waals surface area contributed by atoms with Gasteiger partial charge in [0.1, 0.15) is 11.5 Å². The minimum Gasteiger partial charge on any atom is -0.334 e. The lowest BCUT2D eigenvalue weighted by Crippen LogP contribution is -1.93. The van der Waals surface area contributed by atoms with E-state index in [1.54, 1.807) is 31.3 Å². The molecule has 2 rings (SSSR count). The number of aryl methyl sites for hydroxylation is 1. The number of aromatic nitrogens is 2. The van der Waals surface area contributed by atoms with Crippen LogP contribution in [0.4, 0.5) is 8.78 Å². The van der Waals surface area contributed by atoms with E-state index >= 15 is 0 Å². The van der Waals surface area contributed by atoms with Gasteiger partial charge in [-0.15, -0.1) is 0 Å². The molecule has 5 heteroatoms. The van der Waals surface area contributed by atoms with Crippen LogP contribution in [0.15, 0.2) is 30.5 Å². The van der Waals surface area contributed by atoms with E-state index in [0.29, 0.717) is 17.0 Å². The molecule has 86 valence electrons. The van der Waals surface area contributed by atoms with Crippen LogP contribution in [-0.2, 0) is 7.05 Å². The second-order valence-corrected chi connectivity index (χ2v) is 3.56. The predicted octanol–water partition coefficient (Wildman–Crippen LogP) is 2.90. The van der Waals surface area contributed by atoms with Gasteiger partial charge < -0.3 is 4.57 Å². The summed E-state index contributed by atoms with van der Waals surface area (Å²) in [6.07, 6.45) is -1.34. The lowest BCUT2D eigenvalue weighted by atomic mass is 10.1. The summed E-state index contributed by atoms with van der Waals surface area (Å²) >= 11 is 0. The van der Waals surface area contributed by atoms with Crippen molar-refractivity contribution in [3.63, 3.8) is 0 Å². The summed E-state index contributed by atoms with van der Waals surface area (Å²) in [5.74, 6) is 0.373. The first-order valence-electron chi connectivity index (χ1n) is 4.94. The molecular formula is C12H9F2N3. The van der Waals surface area contributed by atoms with Crippen molar-refractivity contribution in [3.05, 3.63) is 41.7 Å². The molecule has 3 nitrogen and oxygen atoms in total. The van der Waals surface area contributed by atoms with Crippen molar-refractivity contribution in [2.24, 2.45) is 7.05 Å². The van der Waals surface area contributed by atoms with Crippen molar-refractivity contribution in [3.8, 4) is 17.5 Å². The first-order valence-corrected chi connectivity index (χ1v) is 4.94. The summed E-state index contributed by atoms with van der Waals surface area (Å²) in [5.41, 5.74) is 0.696. The maximum absolute atomic E-state index is 12.5. The van der Waals surface area contributed by atoms with Crippen LogP contribution in [0.5, 0.6) is 0 Å². The van der Waals surface area contributed by atoms with Crippen LogP contribution in [-0.4, -0.2) is 9.55 Å². The molecule has 17 heavy (non-hydrogen) atoms. The monoisotopic (exact) mass is 233 g/mol. The Labute approximate surface area is 96.9 Å². The molecule has 0 unspecified atom stereocenters. The van der Waals surface area contributed by atoms with Gasteiger partial charge in [0.05, 0.1) is 11.6 Å². The average Bonchev–Trinajstić information content (AvgIpc) is 2.71. The summed E-state index contributed by atoms with van der Waals surface area (Å²) < 4.78 is 26.5. The Balaban J connectivity index is 2.57. The van der Waals surface area contributed by atoms with Gasteiger partial charge in [-0.3, -0.25) is 0 Å². The van der Waals surface area contributed by atoms with Gasteiger partial charge in [-0.05, 0) is 12.1 Å². The zero-order valence-corrected chi connectivity index (χ0v) is 9.06. The standard InChI is InChI=1S/C12H9F2N3/c1-17-7-10(11(13)14)16-12(17)9-5-3-2-4-8(9)6-15/h2-5,7,11H,1H3. The van der Waals surface area contributed by atoms with Gasteiger partial charge in [0.2, 0.25) is 0 Å². The molecule has 0 bridgehead atoms. The van der Waals surface area contributed by atoms with Gasteiger partial charge in [-0.25, -0.2) is 13.8 Å². The second kappa shape index (κ2) is 4.34. The molecular weight excluding hydrogens is 224 g/mol. The minimum absolute atomic E-state index is 0.282. The Kier molecular flexibility index (Phi) is 2.88. The number of imidazole rings is 1. The summed E-state index contributed by atoms with van der Waals surface area (Å²) in [6, 6.07) is 8.80. The zero-order chi connectivity index (χ0) is 12.4. The molecule has 2 aromatic rings. The molecule has 0 fully saturated rings. The first-order chi connectivity index (χ1) is 8.13. The molecule has 0 saturated carbocycles. The predicted molar refractivity (Wildman–Crippen MR) is 58.3 cm³/mol. The Hall–Kier alpha value is -2.22. The molecule has 0 spiro atoms. The Morgan fingerprint density at radius 3 is 2.65 bits per heavy atom. The molecule has 1 aromatic carbocycles. The topological polar surface area (TPSA) is 41.6 Å². The van der Waals surface area contributed by atoms with Crippen LogP contribution < -0.4 is 0 Å². The zero-order valence-electron chi connectivity index (χ0n) is 9.06. The average molecular weight is 233 g/mol. The third-order valence-corrected chi connectivity index (χ3v) is 2.41. The Morgan fingerprint density at radius 2 is 2.06 bits per heavy atom. The highest BCUT2D eigenvalue weighted by Crippen LogP contribution is 2.25. The van der Waals surface area contributed by atoms with Crippen LogP contribution in [0.1, 0.15) is 17.7 Å². The SMILES string of the molecule is Cn1cc(C(F)F)nc1-c1ccccc1C#N. The van der Waals surface area contributed by atoms with E-state index in [9.17, 15) is 8.78 Å². The summed E-state index contributed by atoms with van der Waals surface area (Å²) in [5, 5.41) is 8.95. The number of alkyl halides is 2. The summed E-state index contributed by atoms with van der Waals surface area (Å²) in [7, 11) is 1.63. The van der Waals surface area contributed by atoms with Crippen molar-refractivity contribution < 1.29 is 8.78 Å². The molecule has 1 heterocycles. The largest absolute Gasteiger partial charge is 0.334 e. The molecule has 0 aliphatic heterocycles. The van der Waals surface area contributed by atoms with E-state index in [0.717, 1.165) is 0 Å². The molecule has 0 radical (unpaired) electrons. The van der Waals surface area contributed by atoms with Crippen molar-refractivity contribution in [1.82, 2.24) is 9.55 Å². The maximum Gasteiger partial charge on any atom is 0.281 e. The molecule has 0 saturated heterocycles. The Bertz CT molecular complexity index is 582. The van der Waals surface area contributed by atoms with Crippen LogP contribution in [0, 0.1) is 11.3 Å². The van der Waals surface area contributed by atoms with Gasteiger partial charge in [0, 0.05) is 18.8 Å². The van der Waals surface area contributed by atoms with Crippen LogP contribution in [0.25, 0.3) is 11.4 Å². The van der Waals surface area contributed by atoms with Crippen LogP contribution >= 0.6 is 0 Å². The first kappa shape index (κ1) is 11.3. The van der Waals surface area contributed by atoms with Gasteiger partial charge in [0.15, 0.2) is 0 Å². The molecule has 0 amide bonds. The fourth-order valence-corrected chi connectivity index (χ4v) is 1.62. The molecule has 1 aromatic heterocycles. The van der Waals surface area contributed by atoms with Gasteiger partial charge in [0.25, 0.3) is 6.43 Å². The number of benzene rings is 1. The minimum atomic E-state index is -2.61. The summed E-state index contributed by atoms with van der Waals surface area (Å²) in [6.45, 7) is 0. The van der Waals surface area contributed by atoms with E-state index in [1.165, 1.54) is 10.8 Å². The van der Waals surface area contributed by atoms with Gasteiger partial charge >= 0.3 is 0 Å². The number of hydrogen-bond donors (Lipinski definition) is 0. The van der Waals surface area contributed by atoms with Crippen molar-refractivity contribution in [2.75, 3.05) is 0 Å². The van der Waals surface area contributed by atoms with Crippen molar-refractivity contribution in [2.45, 2.75) is 6.43 Å². The van der Waals surface area contributed by atoms with E-state index < -0.39 is 6.43 Å². The molecule has 0 N–H and O–H groups in total. The highest BCUT2D eigenvalue weighted by Gasteiger charge is 2.16. The van der Waals surface area contributed by atoms with Crippen molar-refractivity contribution in [1.29, 1.82) is 5.26 Å². The maximum atomic E-state index is 12.5. The fourth-order valence-electron chi connectivity index (χ4n) is 1.62. The number of rotatable bonds is 2. The van der Waals surface area contributed by atoms with E-state index in [4.69, 9.17) is 5.26 Å². The highest BCUT2D eigenvalue weighted by molar-refractivity contribution is 5.65. The van der Waals surface area contributed by atoms with E-state index in [2.05, 4.69) is 4.98 Å². The fraction of sp³-hybridized carbons (Fsp3) is 0.167. The molecule has 0 aliphatic rings. The van der Waals surface area contributed by atoms with Crippen LogP contribution in [0.2, 0.25) is 0 Å². The lowest BCUT2D eigenvalue weighted by Gasteiger charge is -2.02.